The van der Waals surface area contributed by atoms with Gasteiger partial charge in [-0.2, -0.15) is 0 Å². The highest BCUT2D eigenvalue weighted by Gasteiger charge is 2.19. The van der Waals surface area contributed by atoms with Crippen molar-refractivity contribution in [3.05, 3.63) is 109 Å². The summed E-state index contributed by atoms with van der Waals surface area (Å²) in [7, 11) is 0. The van der Waals surface area contributed by atoms with Gasteiger partial charge in [-0.15, -0.1) is 0 Å². The molecule has 0 rings (SSSR count). The molecule has 0 aliphatic carbocycles. The highest BCUT2D eigenvalue weighted by atomic mass is 16.6. The van der Waals surface area contributed by atoms with Gasteiger partial charge in [0.1, 0.15) is 13.2 Å². The molecular formula is C63H104O6. The largest absolute Gasteiger partial charge is 0.462 e. The number of carbonyl (C=O) groups excluding carboxylic acids is 3. The van der Waals surface area contributed by atoms with Crippen LogP contribution in [0.5, 0.6) is 0 Å². The van der Waals surface area contributed by atoms with Crippen molar-refractivity contribution in [1.82, 2.24) is 0 Å². The SMILES string of the molecule is CC/C=C\C/C=C\C/C=C\C/C=C\CCCCCCCCC(=O)OCC(COC(=O)CCCCC/C=C\C=C/CCCCCCCCC)OC(=O)CCCCCCCC/C=C\C/C=C\C/C=C\CC. The Balaban J connectivity index is 4.48. The average molecular weight is 958 g/mol. The van der Waals surface area contributed by atoms with Crippen molar-refractivity contribution in [2.45, 2.75) is 258 Å². The molecule has 1 unspecified atom stereocenters. The fourth-order valence-corrected chi connectivity index (χ4v) is 7.56. The maximum Gasteiger partial charge on any atom is 0.306 e. The van der Waals surface area contributed by atoms with Crippen LogP contribution in [0.4, 0.5) is 0 Å². The topological polar surface area (TPSA) is 78.9 Å². The van der Waals surface area contributed by atoms with Crippen LogP contribution in [0.2, 0.25) is 0 Å². The van der Waals surface area contributed by atoms with Gasteiger partial charge in [0.05, 0.1) is 0 Å². The molecule has 392 valence electrons. The number of rotatable bonds is 50. The van der Waals surface area contributed by atoms with Crippen LogP contribution in [-0.4, -0.2) is 37.2 Å². The van der Waals surface area contributed by atoms with Gasteiger partial charge >= 0.3 is 17.9 Å². The van der Waals surface area contributed by atoms with Gasteiger partial charge in [0.25, 0.3) is 0 Å². The number of allylic oxidation sites excluding steroid dienone is 18. The molecule has 6 nitrogen and oxygen atoms in total. The van der Waals surface area contributed by atoms with E-state index in [2.05, 4.69) is 130 Å². The third-order valence-corrected chi connectivity index (χ3v) is 11.8. The third kappa shape index (κ3) is 54.9. The lowest BCUT2D eigenvalue weighted by atomic mass is 10.1. The number of hydrogen-bond acceptors (Lipinski definition) is 6. The Labute approximate surface area is 425 Å². The zero-order valence-corrected chi connectivity index (χ0v) is 44.8. The Morgan fingerprint density at radius 2 is 0.609 bits per heavy atom. The molecule has 0 aliphatic rings. The summed E-state index contributed by atoms with van der Waals surface area (Å²) in [6.07, 6.45) is 76.4. The lowest BCUT2D eigenvalue weighted by Gasteiger charge is -2.18. The van der Waals surface area contributed by atoms with Crippen LogP contribution in [0, 0.1) is 0 Å². The molecule has 0 radical (unpaired) electrons. The molecular weight excluding hydrogens is 853 g/mol. The summed E-state index contributed by atoms with van der Waals surface area (Å²) in [5.74, 6) is -0.954. The Bertz CT molecular complexity index is 1420. The van der Waals surface area contributed by atoms with E-state index in [0.717, 1.165) is 141 Å². The molecule has 0 bridgehead atoms. The van der Waals surface area contributed by atoms with Crippen molar-refractivity contribution in [3.8, 4) is 0 Å². The number of ether oxygens (including phenoxy) is 3. The Hall–Kier alpha value is -3.93. The van der Waals surface area contributed by atoms with Gasteiger partial charge in [-0.05, 0) is 116 Å². The van der Waals surface area contributed by atoms with Gasteiger partial charge in [0.2, 0.25) is 0 Å². The minimum atomic E-state index is -0.805. The monoisotopic (exact) mass is 957 g/mol. The van der Waals surface area contributed by atoms with E-state index in [1.807, 2.05) is 0 Å². The molecule has 0 saturated heterocycles. The maximum absolute atomic E-state index is 12.9. The second-order valence-corrected chi connectivity index (χ2v) is 18.5. The van der Waals surface area contributed by atoms with Crippen molar-refractivity contribution >= 4 is 17.9 Å². The van der Waals surface area contributed by atoms with E-state index < -0.39 is 6.10 Å². The molecule has 6 heteroatoms. The molecule has 69 heavy (non-hydrogen) atoms. The normalized spacial score (nSPS) is 12.9. The fourth-order valence-electron chi connectivity index (χ4n) is 7.56. The summed E-state index contributed by atoms with van der Waals surface area (Å²) in [6, 6.07) is 0. The van der Waals surface area contributed by atoms with Gasteiger partial charge in [-0.1, -0.05) is 226 Å². The Morgan fingerprint density at radius 3 is 0.986 bits per heavy atom. The number of esters is 3. The zero-order chi connectivity index (χ0) is 50.0. The first kappa shape index (κ1) is 65.1. The average Bonchev–Trinajstić information content (AvgIpc) is 3.35. The minimum Gasteiger partial charge on any atom is -0.462 e. The third-order valence-electron chi connectivity index (χ3n) is 11.8. The van der Waals surface area contributed by atoms with Gasteiger partial charge < -0.3 is 14.2 Å². The summed E-state index contributed by atoms with van der Waals surface area (Å²) >= 11 is 0. The highest BCUT2D eigenvalue weighted by molar-refractivity contribution is 5.71. The molecule has 0 aromatic carbocycles. The first-order valence-corrected chi connectivity index (χ1v) is 28.4. The van der Waals surface area contributed by atoms with Crippen LogP contribution >= 0.6 is 0 Å². The van der Waals surface area contributed by atoms with Gasteiger partial charge in [-0.25, -0.2) is 0 Å². The van der Waals surface area contributed by atoms with Crippen LogP contribution in [-0.2, 0) is 28.6 Å². The molecule has 0 N–H and O–H groups in total. The second-order valence-electron chi connectivity index (χ2n) is 18.5. The van der Waals surface area contributed by atoms with Crippen molar-refractivity contribution in [2.75, 3.05) is 13.2 Å². The predicted molar refractivity (Wildman–Crippen MR) is 297 cm³/mol. The van der Waals surface area contributed by atoms with Crippen molar-refractivity contribution in [1.29, 1.82) is 0 Å². The standard InChI is InChI=1S/C63H104O6/c1-4-7-10-13-16-19-22-25-28-31-32-33-36-38-41-44-47-50-53-56-62(65)68-59-60(69-63(66)57-54-51-48-45-42-39-35-30-27-24-21-18-15-12-9-6-3)58-67-61(64)55-52-49-46-43-40-37-34-29-26-23-20-17-14-11-8-5-2/h7,9-10,12,16,18-19,21,25,27-30,32-34,37,40,60H,4-6,8,11,13-15,17,20,22-24,26,31,35-36,38-39,41-59H2,1-3H3/b10-7-,12-9-,19-16-,21-18-,28-25-,30-27-,33-32-,34-29-,40-37-. The molecule has 1 atom stereocenters. The molecule has 0 saturated carbocycles. The summed E-state index contributed by atoms with van der Waals surface area (Å²) < 4.78 is 16.8. The van der Waals surface area contributed by atoms with E-state index in [1.54, 1.807) is 0 Å². The Kier molecular flexibility index (Phi) is 53.4. The van der Waals surface area contributed by atoms with Crippen LogP contribution in [0.1, 0.15) is 252 Å². The lowest BCUT2D eigenvalue weighted by Crippen LogP contribution is -2.30. The fraction of sp³-hybridized carbons (Fsp3) is 0.667. The van der Waals surface area contributed by atoms with E-state index in [0.29, 0.717) is 19.3 Å². The van der Waals surface area contributed by atoms with Crippen LogP contribution < -0.4 is 0 Å². The molecule has 0 aliphatic heterocycles. The molecule has 0 aromatic heterocycles. The quantitative estimate of drug-likeness (QED) is 0.0199. The maximum atomic E-state index is 12.9. The summed E-state index contributed by atoms with van der Waals surface area (Å²) in [5, 5.41) is 0. The smallest absolute Gasteiger partial charge is 0.306 e. The van der Waals surface area contributed by atoms with E-state index in [4.69, 9.17) is 14.2 Å². The number of hydrogen-bond donors (Lipinski definition) is 0. The van der Waals surface area contributed by atoms with Gasteiger partial charge in [0.15, 0.2) is 6.10 Å². The summed E-state index contributed by atoms with van der Waals surface area (Å²) in [6.45, 7) is 6.37. The van der Waals surface area contributed by atoms with Crippen molar-refractivity contribution < 1.29 is 28.6 Å². The molecule has 0 spiro atoms. The van der Waals surface area contributed by atoms with Crippen LogP contribution in [0.25, 0.3) is 0 Å². The summed E-state index contributed by atoms with van der Waals surface area (Å²) in [4.78, 5) is 38.2. The van der Waals surface area contributed by atoms with Crippen LogP contribution in [0.15, 0.2) is 109 Å². The van der Waals surface area contributed by atoms with Gasteiger partial charge in [-0.3, -0.25) is 14.4 Å². The molecule has 0 heterocycles. The number of carbonyl (C=O) groups is 3. The van der Waals surface area contributed by atoms with E-state index in [-0.39, 0.29) is 31.1 Å². The molecule has 0 fully saturated rings. The Morgan fingerprint density at radius 1 is 0.319 bits per heavy atom. The zero-order valence-electron chi connectivity index (χ0n) is 44.8. The second kappa shape index (κ2) is 56.7. The highest BCUT2D eigenvalue weighted by Crippen LogP contribution is 2.14. The number of unbranched alkanes of at least 4 members (excludes halogenated alkanes) is 22. The predicted octanol–water partition coefficient (Wildman–Crippen LogP) is 19.1. The van der Waals surface area contributed by atoms with Gasteiger partial charge in [0, 0.05) is 19.3 Å². The first-order chi connectivity index (χ1) is 34.0. The minimum absolute atomic E-state index is 0.101. The molecule has 0 aromatic rings. The summed E-state index contributed by atoms with van der Waals surface area (Å²) in [5.41, 5.74) is 0. The van der Waals surface area contributed by atoms with E-state index >= 15 is 0 Å². The lowest BCUT2D eigenvalue weighted by molar-refractivity contribution is -0.167. The van der Waals surface area contributed by atoms with E-state index in [9.17, 15) is 14.4 Å². The molecule has 0 amide bonds. The van der Waals surface area contributed by atoms with Crippen molar-refractivity contribution in [3.63, 3.8) is 0 Å². The van der Waals surface area contributed by atoms with Crippen LogP contribution in [0.3, 0.4) is 0 Å². The van der Waals surface area contributed by atoms with Crippen molar-refractivity contribution in [2.24, 2.45) is 0 Å². The van der Waals surface area contributed by atoms with E-state index in [1.165, 1.54) is 70.6 Å². The first-order valence-electron chi connectivity index (χ1n) is 28.4.